The number of fused-ring (bicyclic) bond motifs is 1. The highest BCUT2D eigenvalue weighted by atomic mass is 32.2. The molecule has 1 saturated heterocycles. The average molecular weight is 426 g/mol. The maximum Gasteiger partial charge on any atom is 0.286 e. The van der Waals surface area contributed by atoms with E-state index in [1.165, 1.54) is 23.1 Å². The third-order valence-electron chi connectivity index (χ3n) is 4.90. The minimum atomic E-state index is -4.16. The fraction of sp³-hybridized carbons (Fsp3) is 0.250. The summed E-state index contributed by atoms with van der Waals surface area (Å²) in [5.74, 6) is -0.804. The first-order valence-electron chi connectivity index (χ1n) is 9.14. The summed E-state index contributed by atoms with van der Waals surface area (Å²) in [6.45, 7) is 2.41. The maximum atomic E-state index is 13.0. The van der Waals surface area contributed by atoms with E-state index in [0.29, 0.717) is 12.2 Å². The van der Waals surface area contributed by atoms with Gasteiger partial charge in [-0.15, -0.1) is 4.40 Å². The number of rotatable bonds is 3. The molecule has 1 unspecified atom stereocenters. The van der Waals surface area contributed by atoms with Crippen LogP contribution in [0.1, 0.15) is 11.1 Å². The van der Waals surface area contributed by atoms with Crippen LogP contribution >= 0.6 is 0 Å². The van der Waals surface area contributed by atoms with Crippen molar-refractivity contribution >= 4 is 33.1 Å². The van der Waals surface area contributed by atoms with Crippen molar-refractivity contribution in [3.63, 3.8) is 0 Å². The zero-order valence-electron chi connectivity index (χ0n) is 15.9. The van der Waals surface area contributed by atoms with E-state index in [0.717, 1.165) is 5.56 Å². The number of benzene rings is 2. The van der Waals surface area contributed by atoms with Gasteiger partial charge in [0.25, 0.3) is 15.9 Å². The first-order chi connectivity index (χ1) is 14.3. The molecule has 2 N–H and O–H groups in total. The van der Waals surface area contributed by atoms with Crippen LogP contribution in [0.5, 0.6) is 0 Å². The Hall–Kier alpha value is -3.26. The number of nitrogens with one attached hydrogen (secondary N) is 1. The Morgan fingerprint density at radius 2 is 2.03 bits per heavy atom. The molecular weight excluding hydrogens is 408 g/mol. The topological polar surface area (TPSA) is 132 Å². The molecule has 0 radical (unpaired) electrons. The van der Waals surface area contributed by atoms with Gasteiger partial charge in [-0.25, -0.2) is 0 Å². The predicted octanol–water partition coefficient (Wildman–Crippen LogP) is 1.17. The van der Waals surface area contributed by atoms with Gasteiger partial charge in [0.1, 0.15) is 11.0 Å². The highest BCUT2D eigenvalue weighted by Gasteiger charge is 2.40. The second kappa shape index (κ2) is 7.53. The second-order valence-electron chi connectivity index (χ2n) is 6.96. The maximum absolute atomic E-state index is 13.0. The first-order valence-corrected chi connectivity index (χ1v) is 10.6. The van der Waals surface area contributed by atoms with Gasteiger partial charge in [0.2, 0.25) is 0 Å². The van der Waals surface area contributed by atoms with Crippen LogP contribution in [0.3, 0.4) is 0 Å². The summed E-state index contributed by atoms with van der Waals surface area (Å²) >= 11 is 0. The molecular formula is C20H18N4O5S. The van der Waals surface area contributed by atoms with E-state index in [-0.39, 0.29) is 28.6 Å². The molecule has 2 aromatic carbocycles. The molecule has 2 aliphatic rings. The number of hydrogen-bond donors (Lipinski definition) is 2. The molecule has 2 aromatic rings. The number of morpholine rings is 1. The molecule has 0 aromatic heterocycles. The Morgan fingerprint density at radius 1 is 1.30 bits per heavy atom. The number of amides is 1. The van der Waals surface area contributed by atoms with E-state index in [4.69, 9.17) is 10.00 Å². The standard InChI is InChI=1S/C20H18N4O5S/c1-12-2-5-14(6-3-12)24-8-9-29-18(20(24)26)17(25)19-22-15-7-4-13(11-21)10-16(15)30(27,28)23-19/h2-7,10,17-18,25H,8-9H2,1H3,(H,22,23)/t17?,18-/m1/s1. The van der Waals surface area contributed by atoms with Crippen LogP contribution in [0.4, 0.5) is 11.4 Å². The van der Waals surface area contributed by atoms with Gasteiger partial charge < -0.3 is 20.1 Å². The molecule has 10 heteroatoms. The third-order valence-corrected chi connectivity index (χ3v) is 6.23. The lowest BCUT2D eigenvalue weighted by molar-refractivity contribution is -0.139. The molecule has 0 aliphatic carbocycles. The number of carbonyl (C=O) groups is 1. The second-order valence-corrected chi connectivity index (χ2v) is 8.53. The van der Waals surface area contributed by atoms with Crippen molar-refractivity contribution < 1.29 is 23.1 Å². The van der Waals surface area contributed by atoms with E-state index >= 15 is 0 Å². The van der Waals surface area contributed by atoms with Gasteiger partial charge in [-0.3, -0.25) is 4.79 Å². The number of aryl methyl sites for hydroxylation is 1. The highest BCUT2D eigenvalue weighted by molar-refractivity contribution is 7.90. The number of amidine groups is 1. The van der Waals surface area contributed by atoms with Crippen LogP contribution in [0.25, 0.3) is 0 Å². The lowest BCUT2D eigenvalue weighted by Crippen LogP contribution is -2.56. The van der Waals surface area contributed by atoms with Crippen LogP contribution in [0, 0.1) is 18.3 Å². The number of nitriles is 1. The van der Waals surface area contributed by atoms with E-state index in [1.807, 2.05) is 25.1 Å². The van der Waals surface area contributed by atoms with Crippen molar-refractivity contribution in [3.05, 3.63) is 53.6 Å². The number of ether oxygens (including phenoxy) is 1. The van der Waals surface area contributed by atoms with Crippen molar-refractivity contribution in [2.45, 2.75) is 24.0 Å². The van der Waals surface area contributed by atoms with Crippen LogP contribution in [0.15, 0.2) is 51.8 Å². The van der Waals surface area contributed by atoms with Crippen molar-refractivity contribution in [2.24, 2.45) is 4.40 Å². The summed E-state index contributed by atoms with van der Waals surface area (Å²) in [7, 11) is -4.16. The number of sulfonamides is 1. The molecule has 0 saturated carbocycles. The highest BCUT2D eigenvalue weighted by Crippen LogP contribution is 2.30. The summed E-state index contributed by atoms with van der Waals surface area (Å²) in [5.41, 5.74) is 2.03. The van der Waals surface area contributed by atoms with Crippen molar-refractivity contribution in [1.29, 1.82) is 5.26 Å². The zero-order valence-corrected chi connectivity index (χ0v) is 16.8. The predicted molar refractivity (Wildman–Crippen MR) is 109 cm³/mol. The Balaban J connectivity index is 1.62. The lowest BCUT2D eigenvalue weighted by atomic mass is 10.1. The van der Waals surface area contributed by atoms with Gasteiger partial charge in [-0.05, 0) is 37.3 Å². The van der Waals surface area contributed by atoms with Gasteiger partial charge in [0.05, 0.1) is 23.9 Å². The molecule has 1 fully saturated rings. The minimum Gasteiger partial charge on any atom is -0.382 e. The molecule has 2 aliphatic heterocycles. The summed E-state index contributed by atoms with van der Waals surface area (Å²) in [6.07, 6.45) is -2.94. The van der Waals surface area contributed by atoms with Gasteiger partial charge >= 0.3 is 0 Å². The fourth-order valence-electron chi connectivity index (χ4n) is 3.33. The number of anilines is 2. The summed E-state index contributed by atoms with van der Waals surface area (Å²) < 4.78 is 34.2. The number of carbonyl (C=O) groups excluding carboxylic acids is 1. The van der Waals surface area contributed by atoms with Crippen LogP contribution < -0.4 is 10.2 Å². The van der Waals surface area contributed by atoms with Crippen molar-refractivity contribution in [1.82, 2.24) is 0 Å². The van der Waals surface area contributed by atoms with Crippen molar-refractivity contribution in [2.75, 3.05) is 23.4 Å². The van der Waals surface area contributed by atoms with E-state index in [9.17, 15) is 18.3 Å². The summed E-state index contributed by atoms with van der Waals surface area (Å²) in [5, 5.41) is 22.5. The monoisotopic (exact) mass is 426 g/mol. The third kappa shape index (κ3) is 3.54. The van der Waals surface area contributed by atoms with E-state index < -0.39 is 28.1 Å². The van der Waals surface area contributed by atoms with E-state index in [1.54, 1.807) is 12.1 Å². The molecule has 2 heterocycles. The first kappa shape index (κ1) is 20.0. The lowest BCUT2D eigenvalue weighted by Gasteiger charge is -2.35. The molecule has 2 atom stereocenters. The van der Waals surface area contributed by atoms with E-state index in [2.05, 4.69) is 9.71 Å². The number of nitrogens with zero attached hydrogens (tertiary/aromatic N) is 3. The fourth-order valence-corrected chi connectivity index (χ4v) is 4.52. The normalized spacial score (nSPS) is 21.1. The molecule has 4 rings (SSSR count). The number of hydrogen-bond acceptors (Lipinski definition) is 7. The van der Waals surface area contributed by atoms with Crippen LogP contribution in [-0.4, -0.2) is 50.6 Å². The molecule has 0 bridgehead atoms. The van der Waals surface area contributed by atoms with Gasteiger partial charge in [-0.2, -0.15) is 13.7 Å². The number of aliphatic hydroxyl groups is 1. The smallest absolute Gasteiger partial charge is 0.286 e. The largest absolute Gasteiger partial charge is 0.382 e. The van der Waals surface area contributed by atoms with Crippen LogP contribution in [-0.2, 0) is 19.6 Å². The molecule has 9 nitrogen and oxygen atoms in total. The molecule has 30 heavy (non-hydrogen) atoms. The SMILES string of the molecule is Cc1ccc(N2CCO[C@H](C(O)C3=NS(=O)(=O)c4cc(C#N)ccc4N3)C2=O)cc1. The zero-order chi connectivity index (χ0) is 21.5. The Bertz CT molecular complexity index is 1180. The molecule has 154 valence electrons. The Kier molecular flexibility index (Phi) is 5.03. The average Bonchev–Trinajstić information content (AvgIpc) is 2.73. The molecule has 1 amide bonds. The van der Waals surface area contributed by atoms with Gasteiger partial charge in [-0.1, -0.05) is 17.7 Å². The van der Waals surface area contributed by atoms with Crippen LogP contribution in [0.2, 0.25) is 0 Å². The summed E-state index contributed by atoms with van der Waals surface area (Å²) in [6, 6.07) is 13.3. The van der Waals surface area contributed by atoms with Gasteiger partial charge in [0.15, 0.2) is 11.9 Å². The van der Waals surface area contributed by atoms with Crippen molar-refractivity contribution in [3.8, 4) is 6.07 Å². The summed E-state index contributed by atoms with van der Waals surface area (Å²) in [4.78, 5) is 14.3. The Morgan fingerprint density at radius 3 is 2.73 bits per heavy atom. The Labute approximate surface area is 173 Å². The van der Waals surface area contributed by atoms with Gasteiger partial charge in [0, 0.05) is 12.2 Å². The molecule has 0 spiro atoms. The number of aliphatic hydroxyl groups excluding tert-OH is 1. The quantitative estimate of drug-likeness (QED) is 0.753. The minimum absolute atomic E-state index is 0.164.